The molecule has 29 heavy (non-hydrogen) atoms. The van der Waals surface area contributed by atoms with Gasteiger partial charge < -0.3 is 10.2 Å². The molecule has 7 heteroatoms. The third-order valence-electron chi connectivity index (χ3n) is 5.04. The van der Waals surface area contributed by atoms with Crippen LogP contribution >= 0.6 is 0 Å². The Morgan fingerprint density at radius 3 is 2.38 bits per heavy atom. The summed E-state index contributed by atoms with van der Waals surface area (Å²) in [7, 11) is 0. The predicted octanol–water partition coefficient (Wildman–Crippen LogP) is 4.81. The molecule has 154 valence electrons. The van der Waals surface area contributed by atoms with Crippen molar-refractivity contribution in [3.63, 3.8) is 0 Å². The molecule has 1 N–H and O–H groups in total. The van der Waals surface area contributed by atoms with Crippen LogP contribution in [0.5, 0.6) is 0 Å². The third-order valence-corrected chi connectivity index (χ3v) is 5.04. The van der Waals surface area contributed by atoms with Crippen LogP contribution in [0.3, 0.4) is 0 Å². The Balaban J connectivity index is 1.73. The summed E-state index contributed by atoms with van der Waals surface area (Å²) in [6.07, 6.45) is -3.41. The van der Waals surface area contributed by atoms with Crippen LogP contribution in [0.2, 0.25) is 0 Å². The summed E-state index contributed by atoms with van der Waals surface area (Å²) < 4.78 is 39.5. The molecule has 1 aliphatic heterocycles. The highest BCUT2D eigenvalue weighted by Gasteiger charge is 2.35. The van der Waals surface area contributed by atoms with Crippen LogP contribution in [0.15, 0.2) is 42.5 Å². The number of benzene rings is 2. The van der Waals surface area contributed by atoms with Gasteiger partial charge in [0, 0.05) is 18.7 Å². The monoisotopic (exact) mass is 404 g/mol. The average molecular weight is 404 g/mol. The van der Waals surface area contributed by atoms with Crippen molar-refractivity contribution in [3.8, 4) is 0 Å². The number of piperidine rings is 1. The summed E-state index contributed by atoms with van der Waals surface area (Å²) in [5, 5.41) is 2.41. The summed E-state index contributed by atoms with van der Waals surface area (Å²) >= 11 is 0. The topological polar surface area (TPSA) is 49.4 Å². The second-order valence-electron chi connectivity index (χ2n) is 7.50. The number of nitrogens with zero attached hydrogens (tertiary/aromatic N) is 1. The molecule has 2 aromatic rings. The molecule has 0 radical (unpaired) electrons. The zero-order chi connectivity index (χ0) is 21.2. The highest BCUT2D eigenvalue weighted by Crippen LogP contribution is 2.35. The highest BCUT2D eigenvalue weighted by atomic mass is 19.4. The predicted molar refractivity (Wildman–Crippen MR) is 105 cm³/mol. The second-order valence-corrected chi connectivity index (χ2v) is 7.50. The molecule has 3 rings (SSSR count). The number of carbonyl (C=O) groups excluding carboxylic acids is 2. The van der Waals surface area contributed by atoms with Crippen LogP contribution in [0.4, 0.5) is 18.9 Å². The van der Waals surface area contributed by atoms with Gasteiger partial charge in [-0.3, -0.25) is 9.59 Å². The van der Waals surface area contributed by atoms with E-state index in [1.54, 1.807) is 17.0 Å². The van der Waals surface area contributed by atoms with E-state index < -0.39 is 23.6 Å². The molecule has 0 spiro atoms. The van der Waals surface area contributed by atoms with Crippen molar-refractivity contribution < 1.29 is 22.8 Å². The van der Waals surface area contributed by atoms with Gasteiger partial charge in [-0.1, -0.05) is 29.3 Å². The van der Waals surface area contributed by atoms with E-state index in [4.69, 9.17) is 0 Å². The molecule has 0 saturated carbocycles. The quantitative estimate of drug-likeness (QED) is 0.798. The fourth-order valence-corrected chi connectivity index (χ4v) is 3.73. The van der Waals surface area contributed by atoms with Gasteiger partial charge in [-0.25, -0.2) is 0 Å². The molecule has 1 heterocycles. The maximum atomic E-state index is 13.2. The van der Waals surface area contributed by atoms with Crippen molar-refractivity contribution in [2.45, 2.75) is 32.9 Å². The number of alkyl halides is 3. The highest BCUT2D eigenvalue weighted by molar-refractivity contribution is 5.96. The number of rotatable bonds is 3. The Morgan fingerprint density at radius 2 is 1.72 bits per heavy atom. The zero-order valence-corrected chi connectivity index (χ0v) is 16.3. The summed E-state index contributed by atoms with van der Waals surface area (Å²) in [5.41, 5.74) is 1.37. The molecular formula is C22H23F3N2O2. The van der Waals surface area contributed by atoms with Gasteiger partial charge in [0.05, 0.1) is 17.2 Å². The van der Waals surface area contributed by atoms with Crippen LogP contribution in [0.25, 0.3) is 0 Å². The number of anilines is 1. The summed E-state index contributed by atoms with van der Waals surface area (Å²) in [4.78, 5) is 27.1. The van der Waals surface area contributed by atoms with Gasteiger partial charge >= 0.3 is 6.18 Å². The fraction of sp³-hybridized carbons (Fsp3) is 0.364. The van der Waals surface area contributed by atoms with E-state index >= 15 is 0 Å². The van der Waals surface area contributed by atoms with Crippen molar-refractivity contribution in [2.24, 2.45) is 5.92 Å². The molecule has 0 bridgehead atoms. The van der Waals surface area contributed by atoms with Gasteiger partial charge in [0.15, 0.2) is 0 Å². The van der Waals surface area contributed by atoms with Crippen molar-refractivity contribution in [2.75, 3.05) is 18.4 Å². The lowest BCUT2D eigenvalue weighted by Gasteiger charge is -2.32. The average Bonchev–Trinajstić information content (AvgIpc) is 2.66. The number of para-hydroxylation sites is 1. The Kier molecular flexibility index (Phi) is 5.96. The van der Waals surface area contributed by atoms with Gasteiger partial charge in [-0.15, -0.1) is 0 Å². The van der Waals surface area contributed by atoms with Gasteiger partial charge in [0.2, 0.25) is 5.91 Å². The first-order valence-electron chi connectivity index (χ1n) is 9.50. The summed E-state index contributed by atoms with van der Waals surface area (Å²) in [6, 6.07) is 10.5. The minimum absolute atomic E-state index is 0.162. The molecule has 1 saturated heterocycles. The largest absolute Gasteiger partial charge is 0.418 e. The minimum Gasteiger partial charge on any atom is -0.338 e. The molecule has 1 fully saturated rings. The van der Waals surface area contributed by atoms with E-state index in [1.807, 2.05) is 19.9 Å². The molecule has 1 aliphatic rings. The number of nitrogens with one attached hydrogen (secondary N) is 1. The smallest absolute Gasteiger partial charge is 0.338 e. The van der Waals surface area contributed by atoms with Crippen LogP contribution < -0.4 is 5.32 Å². The van der Waals surface area contributed by atoms with E-state index in [0.717, 1.165) is 17.2 Å². The SMILES string of the molecule is Cc1cc(C)cc(C(=O)N2CCCC(C(=O)Nc3ccccc3C(F)(F)F)C2)c1. The molecule has 1 unspecified atom stereocenters. The standard InChI is InChI=1S/C22H23F3N2O2/c1-14-10-15(2)12-17(11-14)21(29)27-9-5-6-16(13-27)20(28)26-19-8-4-3-7-18(19)22(23,24)25/h3-4,7-8,10-12,16H,5-6,9,13H2,1-2H3,(H,26,28). The van der Waals surface area contributed by atoms with E-state index in [9.17, 15) is 22.8 Å². The second kappa shape index (κ2) is 8.27. The van der Waals surface area contributed by atoms with Gasteiger partial charge in [-0.05, 0) is 51.0 Å². The number of aryl methyl sites for hydroxylation is 2. The molecule has 0 aliphatic carbocycles. The normalized spacial score (nSPS) is 17.1. The maximum absolute atomic E-state index is 13.2. The lowest BCUT2D eigenvalue weighted by molar-refractivity contribution is -0.137. The van der Waals surface area contributed by atoms with Crippen molar-refractivity contribution >= 4 is 17.5 Å². The van der Waals surface area contributed by atoms with E-state index in [0.29, 0.717) is 24.9 Å². The van der Waals surface area contributed by atoms with Crippen LogP contribution in [-0.4, -0.2) is 29.8 Å². The van der Waals surface area contributed by atoms with E-state index in [2.05, 4.69) is 5.32 Å². The first-order valence-corrected chi connectivity index (χ1v) is 9.50. The van der Waals surface area contributed by atoms with Gasteiger partial charge in [-0.2, -0.15) is 13.2 Å². The number of amides is 2. The van der Waals surface area contributed by atoms with E-state index in [1.165, 1.54) is 18.2 Å². The lowest BCUT2D eigenvalue weighted by Crippen LogP contribution is -2.44. The third kappa shape index (κ3) is 4.96. The number of hydrogen-bond acceptors (Lipinski definition) is 2. The van der Waals surface area contributed by atoms with Gasteiger partial charge in [0.1, 0.15) is 0 Å². The molecule has 2 aromatic carbocycles. The zero-order valence-electron chi connectivity index (χ0n) is 16.3. The first kappa shape index (κ1) is 20.9. The molecule has 4 nitrogen and oxygen atoms in total. The molecular weight excluding hydrogens is 381 g/mol. The van der Waals surface area contributed by atoms with Crippen LogP contribution in [-0.2, 0) is 11.0 Å². The summed E-state index contributed by atoms with van der Waals surface area (Å²) in [6.45, 7) is 4.53. The van der Waals surface area contributed by atoms with E-state index in [-0.39, 0.29) is 18.1 Å². The van der Waals surface area contributed by atoms with Crippen LogP contribution in [0, 0.1) is 19.8 Å². The Bertz CT molecular complexity index is 904. The first-order chi connectivity index (χ1) is 13.6. The van der Waals surface area contributed by atoms with Crippen molar-refractivity contribution in [1.82, 2.24) is 4.90 Å². The molecule has 2 amide bonds. The van der Waals surface area contributed by atoms with Gasteiger partial charge in [0.25, 0.3) is 5.91 Å². The molecule has 1 atom stereocenters. The Hall–Kier alpha value is -2.83. The number of hydrogen-bond donors (Lipinski definition) is 1. The Labute approximate surface area is 167 Å². The van der Waals surface area contributed by atoms with Crippen molar-refractivity contribution in [3.05, 3.63) is 64.7 Å². The number of carbonyl (C=O) groups is 2. The fourth-order valence-electron chi connectivity index (χ4n) is 3.73. The maximum Gasteiger partial charge on any atom is 0.418 e. The number of halogens is 3. The van der Waals surface area contributed by atoms with Crippen molar-refractivity contribution in [1.29, 1.82) is 0 Å². The Morgan fingerprint density at radius 1 is 1.07 bits per heavy atom. The minimum atomic E-state index is -4.55. The summed E-state index contributed by atoms with van der Waals surface area (Å²) in [5.74, 6) is -1.22. The lowest BCUT2D eigenvalue weighted by atomic mass is 9.95. The number of likely N-dealkylation sites (tertiary alicyclic amines) is 1. The molecule has 0 aromatic heterocycles. The van der Waals surface area contributed by atoms with Crippen LogP contribution in [0.1, 0.15) is 39.9 Å².